The van der Waals surface area contributed by atoms with Crippen LogP contribution in [0.5, 0.6) is 10.9 Å². The Bertz CT molecular complexity index is 1530. The summed E-state index contributed by atoms with van der Waals surface area (Å²) in [5.41, 5.74) is 3.48. The fourth-order valence-corrected chi connectivity index (χ4v) is 7.98. The SMILES string of the molecule is CCOc1ncc(-c2ccnc(N(CC3CCC(c4ccc(OC)c(C)c4)CC3)C(=O)C3CCC(OC(=O)N4CC(O)C4)CC3)c2)s1. The Kier molecular flexibility index (Phi) is 10.6. The molecule has 0 bridgehead atoms. The zero-order chi connectivity index (χ0) is 32.9. The summed E-state index contributed by atoms with van der Waals surface area (Å²) >= 11 is 1.49. The van der Waals surface area contributed by atoms with Crippen LogP contribution in [0.25, 0.3) is 10.4 Å². The number of carbonyl (C=O) groups excluding carboxylic acids is 2. The normalized spacial score (nSPS) is 23.1. The molecule has 11 heteroatoms. The highest BCUT2D eigenvalue weighted by molar-refractivity contribution is 7.16. The van der Waals surface area contributed by atoms with Gasteiger partial charge in [-0.2, -0.15) is 0 Å². The Labute approximate surface area is 281 Å². The number of amides is 2. The maximum Gasteiger partial charge on any atom is 0.410 e. The highest BCUT2D eigenvalue weighted by atomic mass is 32.1. The molecule has 10 nitrogen and oxygen atoms in total. The van der Waals surface area contributed by atoms with Crippen LogP contribution in [0.3, 0.4) is 0 Å². The number of aromatic nitrogens is 2. The molecule has 6 rings (SSSR count). The van der Waals surface area contributed by atoms with Gasteiger partial charge in [-0.3, -0.25) is 9.69 Å². The second-order valence-electron chi connectivity index (χ2n) is 13.1. The second-order valence-corrected chi connectivity index (χ2v) is 14.1. The predicted octanol–water partition coefficient (Wildman–Crippen LogP) is 6.60. The van der Waals surface area contributed by atoms with Crippen LogP contribution in [-0.2, 0) is 9.53 Å². The molecule has 0 unspecified atom stereocenters. The number of carbonyl (C=O) groups is 2. The first-order chi connectivity index (χ1) is 22.8. The molecule has 1 saturated heterocycles. The molecular formula is C36H46N4O6S. The van der Waals surface area contributed by atoms with E-state index in [2.05, 4.69) is 30.1 Å². The van der Waals surface area contributed by atoms with Crippen LogP contribution >= 0.6 is 11.3 Å². The number of nitrogens with zero attached hydrogens (tertiary/aromatic N) is 4. The van der Waals surface area contributed by atoms with Crippen LogP contribution in [-0.4, -0.2) is 77.5 Å². The van der Waals surface area contributed by atoms with Crippen LogP contribution in [0.4, 0.5) is 10.6 Å². The Morgan fingerprint density at radius 3 is 2.47 bits per heavy atom. The highest BCUT2D eigenvalue weighted by Gasteiger charge is 2.36. The molecule has 47 heavy (non-hydrogen) atoms. The first-order valence-electron chi connectivity index (χ1n) is 17.0. The van der Waals surface area contributed by atoms with Gasteiger partial charge >= 0.3 is 6.09 Å². The molecule has 2 saturated carbocycles. The summed E-state index contributed by atoms with van der Waals surface area (Å²) in [5, 5.41) is 10.1. The topological polar surface area (TPSA) is 114 Å². The van der Waals surface area contributed by atoms with E-state index in [4.69, 9.17) is 19.2 Å². The van der Waals surface area contributed by atoms with E-state index < -0.39 is 6.10 Å². The molecule has 1 aliphatic heterocycles. The van der Waals surface area contributed by atoms with E-state index in [-0.39, 0.29) is 24.0 Å². The molecule has 3 heterocycles. The van der Waals surface area contributed by atoms with E-state index >= 15 is 0 Å². The van der Waals surface area contributed by atoms with E-state index in [0.29, 0.717) is 74.8 Å². The Morgan fingerprint density at radius 2 is 1.79 bits per heavy atom. The maximum absolute atomic E-state index is 14.3. The van der Waals surface area contributed by atoms with Crippen LogP contribution in [0.15, 0.2) is 42.7 Å². The lowest BCUT2D eigenvalue weighted by atomic mass is 9.78. The number of methoxy groups -OCH3 is 1. The van der Waals surface area contributed by atoms with Gasteiger partial charge in [0.05, 0.1) is 37.8 Å². The number of hydrogen-bond donors (Lipinski definition) is 1. The van der Waals surface area contributed by atoms with Gasteiger partial charge in [-0.25, -0.2) is 14.8 Å². The van der Waals surface area contributed by atoms with Crippen molar-refractivity contribution in [2.45, 2.75) is 83.3 Å². The third-order valence-electron chi connectivity index (χ3n) is 9.91. The number of hydrogen-bond acceptors (Lipinski definition) is 9. The molecule has 3 aliphatic rings. The van der Waals surface area contributed by atoms with E-state index in [1.54, 1.807) is 13.3 Å². The Morgan fingerprint density at radius 1 is 1.02 bits per heavy atom. The first kappa shape index (κ1) is 33.2. The number of likely N-dealkylation sites (tertiary alicyclic amines) is 1. The van der Waals surface area contributed by atoms with E-state index in [9.17, 15) is 14.7 Å². The van der Waals surface area contributed by atoms with Gasteiger partial charge in [-0.1, -0.05) is 23.5 Å². The van der Waals surface area contributed by atoms with Crippen molar-refractivity contribution in [2.75, 3.05) is 38.3 Å². The molecule has 0 radical (unpaired) electrons. The van der Waals surface area contributed by atoms with Crippen LogP contribution < -0.4 is 14.4 Å². The molecule has 2 aliphatic carbocycles. The van der Waals surface area contributed by atoms with Gasteiger partial charge in [0.1, 0.15) is 17.7 Å². The monoisotopic (exact) mass is 662 g/mol. The molecular weight excluding hydrogens is 616 g/mol. The molecule has 252 valence electrons. The van der Waals surface area contributed by atoms with Crippen LogP contribution in [0, 0.1) is 18.8 Å². The summed E-state index contributed by atoms with van der Waals surface area (Å²) in [4.78, 5) is 40.3. The number of pyridine rings is 1. The minimum absolute atomic E-state index is 0.0949. The van der Waals surface area contributed by atoms with Crippen molar-refractivity contribution < 1.29 is 28.9 Å². The smallest absolute Gasteiger partial charge is 0.410 e. The predicted molar refractivity (Wildman–Crippen MR) is 181 cm³/mol. The molecule has 1 N–H and O–H groups in total. The Hall–Kier alpha value is -3.70. The summed E-state index contributed by atoms with van der Waals surface area (Å²) in [6.07, 6.45) is 9.40. The summed E-state index contributed by atoms with van der Waals surface area (Å²) in [6.45, 7) is 5.86. The third kappa shape index (κ3) is 7.89. The summed E-state index contributed by atoms with van der Waals surface area (Å²) in [5.74, 6) is 2.39. The van der Waals surface area contributed by atoms with Crippen LogP contribution in [0.1, 0.15) is 75.3 Å². The molecule has 3 fully saturated rings. The van der Waals surface area contributed by atoms with Gasteiger partial charge in [0.25, 0.3) is 5.19 Å². The minimum Gasteiger partial charge on any atom is -0.496 e. The van der Waals surface area contributed by atoms with Crippen molar-refractivity contribution in [3.63, 3.8) is 0 Å². The molecule has 2 aromatic heterocycles. The van der Waals surface area contributed by atoms with Crippen molar-refractivity contribution in [1.82, 2.24) is 14.9 Å². The number of aryl methyl sites for hydroxylation is 1. The fourth-order valence-electron chi connectivity index (χ4n) is 7.16. The van der Waals surface area contributed by atoms with E-state index in [1.807, 2.05) is 30.2 Å². The van der Waals surface area contributed by atoms with E-state index in [0.717, 1.165) is 47.4 Å². The standard InChI is InChI=1S/C36H46N4O6S/c1-4-45-35-38-19-32(47-35)28-15-16-37-33(18-28)40(20-24-5-7-25(8-6-24)27-11-14-31(44-3)23(2)17-27)34(42)26-9-12-30(13-10-26)46-36(43)39-21-29(41)22-39/h11,14-19,24-26,29-30,41H,4-10,12-13,20-22H2,1-3H3. The number of benzene rings is 1. The number of ether oxygens (including phenoxy) is 3. The number of thiazole rings is 1. The zero-order valence-corrected chi connectivity index (χ0v) is 28.4. The minimum atomic E-state index is -0.460. The highest BCUT2D eigenvalue weighted by Crippen LogP contribution is 2.39. The summed E-state index contributed by atoms with van der Waals surface area (Å²) < 4.78 is 16.8. The van der Waals surface area contributed by atoms with Gasteiger partial charge in [0.15, 0.2) is 0 Å². The lowest BCUT2D eigenvalue weighted by Gasteiger charge is -2.38. The molecule has 3 aromatic rings. The number of aliphatic hydroxyl groups is 1. The van der Waals surface area contributed by atoms with E-state index in [1.165, 1.54) is 21.8 Å². The van der Waals surface area contributed by atoms with Crippen molar-refractivity contribution in [2.24, 2.45) is 11.8 Å². The largest absolute Gasteiger partial charge is 0.496 e. The molecule has 1 aromatic carbocycles. The van der Waals surface area contributed by atoms with Crippen molar-refractivity contribution in [3.05, 3.63) is 53.9 Å². The maximum atomic E-state index is 14.3. The van der Waals surface area contributed by atoms with Gasteiger partial charge in [-0.05, 0) is 112 Å². The summed E-state index contributed by atoms with van der Waals surface area (Å²) in [7, 11) is 1.71. The average molecular weight is 663 g/mol. The quantitative estimate of drug-likeness (QED) is 0.258. The third-order valence-corrected chi connectivity index (χ3v) is 10.9. The number of aliphatic hydroxyl groups excluding tert-OH is 1. The van der Waals surface area contributed by atoms with Gasteiger partial charge in [-0.15, -0.1) is 0 Å². The Balaban J connectivity index is 1.14. The van der Waals surface area contributed by atoms with Gasteiger partial charge < -0.3 is 24.2 Å². The number of anilines is 1. The van der Waals surface area contributed by atoms with Crippen molar-refractivity contribution >= 4 is 29.2 Å². The number of rotatable bonds is 10. The van der Waals surface area contributed by atoms with Crippen LogP contribution in [0.2, 0.25) is 0 Å². The van der Waals surface area contributed by atoms with Crippen molar-refractivity contribution in [3.8, 4) is 21.4 Å². The number of β-amino-alcohol motifs (C(OH)–C–C–N with tert-alkyl or cyclic N) is 1. The summed E-state index contributed by atoms with van der Waals surface area (Å²) in [6, 6.07) is 10.5. The molecule has 0 atom stereocenters. The molecule has 2 amide bonds. The fraction of sp³-hybridized carbons (Fsp3) is 0.556. The van der Waals surface area contributed by atoms with Gasteiger partial charge in [0.2, 0.25) is 5.91 Å². The first-order valence-corrected chi connectivity index (χ1v) is 17.8. The van der Waals surface area contributed by atoms with Crippen molar-refractivity contribution in [1.29, 1.82) is 0 Å². The lowest BCUT2D eigenvalue weighted by molar-refractivity contribution is -0.124. The average Bonchev–Trinajstić information content (AvgIpc) is 3.55. The van der Waals surface area contributed by atoms with Gasteiger partial charge in [0, 0.05) is 24.9 Å². The zero-order valence-electron chi connectivity index (χ0n) is 27.6. The lowest BCUT2D eigenvalue weighted by Crippen LogP contribution is -2.54. The second kappa shape index (κ2) is 15.0. The molecule has 0 spiro atoms.